The first kappa shape index (κ1) is 23.1. The van der Waals surface area contributed by atoms with E-state index in [2.05, 4.69) is 9.97 Å². The number of hydrogen-bond donors (Lipinski definition) is 2. The Morgan fingerprint density at radius 2 is 0.824 bits per heavy atom. The minimum atomic E-state index is -4.50. The lowest BCUT2D eigenvalue weighted by Gasteiger charge is -2.17. The molecule has 0 fully saturated rings. The average molecular weight is 474 g/mol. The molecule has 0 saturated carbocycles. The highest BCUT2D eigenvalue weighted by molar-refractivity contribution is 5.97. The summed E-state index contributed by atoms with van der Waals surface area (Å²) in [5.41, 5.74) is 13.0. The van der Waals surface area contributed by atoms with Gasteiger partial charge in [0.05, 0.1) is 11.1 Å². The average Bonchev–Trinajstić information content (AvgIpc) is 2.78. The minimum absolute atomic E-state index is 0.0611. The van der Waals surface area contributed by atoms with Crippen LogP contribution >= 0.6 is 0 Å². The first-order valence-corrected chi connectivity index (χ1v) is 9.81. The van der Waals surface area contributed by atoms with Crippen LogP contribution in [0.4, 0.5) is 38.0 Å². The second-order valence-corrected chi connectivity index (χ2v) is 7.39. The number of nitrogen functional groups attached to an aromatic ring is 2. The van der Waals surface area contributed by atoms with Gasteiger partial charge in [0.1, 0.15) is 11.6 Å². The molecule has 0 amide bonds. The van der Waals surface area contributed by atoms with Crippen molar-refractivity contribution in [3.63, 3.8) is 0 Å². The van der Waals surface area contributed by atoms with Gasteiger partial charge in [0.15, 0.2) is 0 Å². The number of aromatic nitrogens is 2. The first-order chi connectivity index (χ1) is 16.0. The summed E-state index contributed by atoms with van der Waals surface area (Å²) in [6.45, 7) is 0. The van der Waals surface area contributed by atoms with Crippen LogP contribution in [0.2, 0.25) is 0 Å². The third kappa shape index (κ3) is 4.39. The highest BCUT2D eigenvalue weighted by Crippen LogP contribution is 2.43. The maximum Gasteiger partial charge on any atom is 0.416 e. The van der Waals surface area contributed by atoms with Gasteiger partial charge < -0.3 is 11.5 Å². The summed E-state index contributed by atoms with van der Waals surface area (Å²) in [6, 6.07) is 12.1. The number of benzene rings is 2. The number of alkyl halides is 6. The fourth-order valence-corrected chi connectivity index (χ4v) is 3.66. The number of halogens is 6. The van der Waals surface area contributed by atoms with Crippen LogP contribution in [0.15, 0.2) is 73.1 Å². The molecule has 0 saturated heterocycles. The molecule has 0 radical (unpaired) electrons. The maximum atomic E-state index is 13.0. The first-order valence-electron chi connectivity index (χ1n) is 9.81. The fraction of sp³-hybridized carbons (Fsp3) is 0.0833. The van der Waals surface area contributed by atoms with Crippen molar-refractivity contribution in [3.05, 3.63) is 84.2 Å². The smallest absolute Gasteiger partial charge is 0.383 e. The van der Waals surface area contributed by atoms with Gasteiger partial charge in [-0.15, -0.1) is 0 Å². The summed E-state index contributed by atoms with van der Waals surface area (Å²) in [6.07, 6.45) is -6.16. The summed E-state index contributed by atoms with van der Waals surface area (Å²) in [4.78, 5) is 8.12. The Balaban J connectivity index is 1.89. The number of anilines is 2. The van der Waals surface area contributed by atoms with Crippen LogP contribution in [0.1, 0.15) is 11.1 Å². The molecule has 4 N–H and O–H groups in total. The van der Waals surface area contributed by atoms with Crippen LogP contribution < -0.4 is 11.5 Å². The van der Waals surface area contributed by atoms with Crippen molar-refractivity contribution in [2.45, 2.75) is 12.4 Å². The third-order valence-corrected chi connectivity index (χ3v) is 5.25. The van der Waals surface area contributed by atoms with E-state index in [9.17, 15) is 26.3 Å². The second kappa shape index (κ2) is 8.36. The van der Waals surface area contributed by atoms with Gasteiger partial charge in [-0.05, 0) is 58.7 Å². The molecule has 0 aliphatic rings. The van der Waals surface area contributed by atoms with Crippen molar-refractivity contribution in [1.29, 1.82) is 0 Å². The van der Waals surface area contributed by atoms with Crippen LogP contribution in [-0.2, 0) is 12.4 Å². The van der Waals surface area contributed by atoms with Gasteiger partial charge in [-0.25, -0.2) is 9.97 Å². The molecule has 10 heteroatoms. The van der Waals surface area contributed by atoms with Crippen LogP contribution in [0, 0.1) is 0 Å². The van der Waals surface area contributed by atoms with Gasteiger partial charge in [0.2, 0.25) is 0 Å². The Kier molecular flexibility index (Phi) is 5.68. The number of pyridine rings is 2. The minimum Gasteiger partial charge on any atom is -0.383 e. The molecule has 4 rings (SSSR count). The largest absolute Gasteiger partial charge is 0.416 e. The molecule has 0 bridgehead atoms. The lowest BCUT2D eigenvalue weighted by Crippen LogP contribution is -2.05. The summed E-state index contributed by atoms with van der Waals surface area (Å²) in [7, 11) is 0. The molecular formula is C24H16F6N4. The molecule has 4 aromatic rings. The summed E-state index contributed by atoms with van der Waals surface area (Å²) in [5.74, 6) is 0.122. The predicted molar refractivity (Wildman–Crippen MR) is 117 cm³/mol. The van der Waals surface area contributed by atoms with Gasteiger partial charge >= 0.3 is 12.4 Å². The number of hydrogen-bond acceptors (Lipinski definition) is 4. The molecule has 174 valence electrons. The molecule has 0 aliphatic heterocycles. The molecule has 0 spiro atoms. The van der Waals surface area contributed by atoms with Gasteiger partial charge in [-0.1, -0.05) is 24.3 Å². The molecule has 4 nitrogen and oxygen atoms in total. The molecule has 0 unspecified atom stereocenters. The topological polar surface area (TPSA) is 77.8 Å². The summed E-state index contributed by atoms with van der Waals surface area (Å²) < 4.78 is 78.0. The highest BCUT2D eigenvalue weighted by atomic mass is 19.4. The molecule has 2 aromatic carbocycles. The monoisotopic (exact) mass is 474 g/mol. The van der Waals surface area contributed by atoms with Crippen LogP contribution in [0.5, 0.6) is 0 Å². The van der Waals surface area contributed by atoms with E-state index in [1.165, 1.54) is 36.7 Å². The number of rotatable bonds is 3. The van der Waals surface area contributed by atoms with Gasteiger partial charge in [0.25, 0.3) is 0 Å². The Bertz CT molecular complexity index is 1220. The molecule has 2 heterocycles. The highest BCUT2D eigenvalue weighted by Gasteiger charge is 2.31. The van der Waals surface area contributed by atoms with Gasteiger partial charge in [-0.3, -0.25) is 0 Å². The van der Waals surface area contributed by atoms with Crippen molar-refractivity contribution >= 4 is 11.6 Å². The standard InChI is InChI=1S/C24H16F6N4/c25-23(26,27)15-5-1-13(2-6-15)19-17(9-11-33-21(19)31)18-10-12-34-22(32)20(18)14-3-7-16(8-4-14)24(28,29)30/h1-12H,(H2,31,33)(H2,32,34). The Labute approximate surface area is 189 Å². The molecule has 0 aliphatic carbocycles. The van der Waals surface area contributed by atoms with Crippen LogP contribution in [0.25, 0.3) is 33.4 Å². The molecule has 34 heavy (non-hydrogen) atoms. The third-order valence-electron chi connectivity index (χ3n) is 5.25. The van der Waals surface area contributed by atoms with E-state index in [0.29, 0.717) is 33.4 Å². The van der Waals surface area contributed by atoms with Crippen molar-refractivity contribution in [1.82, 2.24) is 9.97 Å². The SMILES string of the molecule is Nc1nccc(-c2ccnc(N)c2-c2ccc(C(F)(F)F)cc2)c1-c1ccc(C(F)(F)F)cc1. The Morgan fingerprint density at radius 3 is 1.12 bits per heavy atom. The quantitative estimate of drug-likeness (QED) is 0.325. The normalized spacial score (nSPS) is 12.1. The Hall–Kier alpha value is -4.08. The zero-order chi connectivity index (χ0) is 24.7. The zero-order valence-corrected chi connectivity index (χ0v) is 17.2. The predicted octanol–water partition coefficient (Wildman–Crippen LogP) is 6.68. The van der Waals surface area contributed by atoms with E-state index in [1.807, 2.05) is 0 Å². The van der Waals surface area contributed by atoms with E-state index in [4.69, 9.17) is 11.5 Å². The fourth-order valence-electron chi connectivity index (χ4n) is 3.66. The van der Waals surface area contributed by atoms with Crippen molar-refractivity contribution in [2.75, 3.05) is 11.5 Å². The molecule has 0 atom stereocenters. The van der Waals surface area contributed by atoms with E-state index < -0.39 is 23.5 Å². The number of nitrogens with two attached hydrogens (primary N) is 2. The van der Waals surface area contributed by atoms with E-state index in [-0.39, 0.29) is 11.6 Å². The lowest BCUT2D eigenvalue weighted by molar-refractivity contribution is -0.138. The summed E-state index contributed by atoms with van der Waals surface area (Å²) in [5, 5.41) is 0. The van der Waals surface area contributed by atoms with Crippen LogP contribution in [0.3, 0.4) is 0 Å². The van der Waals surface area contributed by atoms with Crippen molar-refractivity contribution in [2.24, 2.45) is 0 Å². The Morgan fingerprint density at radius 1 is 0.500 bits per heavy atom. The molecular weight excluding hydrogens is 458 g/mol. The van der Waals surface area contributed by atoms with Crippen LogP contribution in [-0.4, -0.2) is 9.97 Å². The van der Waals surface area contributed by atoms with Crippen molar-refractivity contribution in [3.8, 4) is 33.4 Å². The maximum absolute atomic E-state index is 13.0. The van der Waals surface area contributed by atoms with E-state index >= 15 is 0 Å². The summed E-state index contributed by atoms with van der Waals surface area (Å²) >= 11 is 0. The van der Waals surface area contributed by atoms with Gasteiger partial charge in [-0.2, -0.15) is 26.3 Å². The van der Waals surface area contributed by atoms with Crippen molar-refractivity contribution < 1.29 is 26.3 Å². The van der Waals surface area contributed by atoms with Gasteiger partial charge in [0, 0.05) is 23.5 Å². The zero-order valence-electron chi connectivity index (χ0n) is 17.2. The van der Waals surface area contributed by atoms with E-state index in [1.54, 1.807) is 12.1 Å². The lowest BCUT2D eigenvalue weighted by atomic mass is 9.90. The van der Waals surface area contributed by atoms with E-state index in [0.717, 1.165) is 24.3 Å². The second-order valence-electron chi connectivity index (χ2n) is 7.39. The number of nitrogens with zero attached hydrogens (tertiary/aromatic N) is 2. The molecule has 2 aromatic heterocycles.